The molecule has 0 spiro atoms. The second-order valence-electron chi connectivity index (χ2n) is 3.84. The van der Waals surface area contributed by atoms with E-state index in [9.17, 15) is 17.6 Å². The molecule has 0 bridgehead atoms. The van der Waals surface area contributed by atoms with Crippen LogP contribution in [0, 0.1) is 23.3 Å². The van der Waals surface area contributed by atoms with Gasteiger partial charge in [0.2, 0.25) is 0 Å². The maximum atomic E-state index is 13.4. The molecule has 0 fully saturated rings. The molecule has 6 heteroatoms. The molecule has 0 saturated heterocycles. The molecule has 0 heterocycles. The number of nitrogens with one attached hydrogen (secondary N) is 1. The molecule has 100 valence electrons. The van der Waals surface area contributed by atoms with Crippen molar-refractivity contribution < 1.29 is 17.6 Å². The van der Waals surface area contributed by atoms with Gasteiger partial charge in [0.05, 0.1) is 0 Å². The smallest absolute Gasteiger partial charge is 0.194 e. The third-order valence-electron chi connectivity index (χ3n) is 2.48. The molecule has 0 aliphatic carbocycles. The summed E-state index contributed by atoms with van der Waals surface area (Å²) in [5.74, 6) is -4.69. The summed E-state index contributed by atoms with van der Waals surface area (Å²) in [5.41, 5.74) is 0.292. The second kappa shape index (κ2) is 5.48. The molecule has 19 heavy (non-hydrogen) atoms. The lowest BCUT2D eigenvalue weighted by atomic mass is 10.2. The number of rotatable bonds is 3. The second-order valence-corrected chi connectivity index (χ2v) is 4.28. The first-order chi connectivity index (χ1) is 8.97. The predicted molar refractivity (Wildman–Crippen MR) is 65.1 cm³/mol. The Labute approximate surface area is 111 Å². The molecular formula is C13H8ClF4N. The zero-order valence-electron chi connectivity index (χ0n) is 9.48. The third kappa shape index (κ3) is 3.17. The van der Waals surface area contributed by atoms with E-state index in [2.05, 4.69) is 5.32 Å². The molecule has 0 aliphatic rings. The van der Waals surface area contributed by atoms with Crippen molar-refractivity contribution in [3.05, 3.63) is 64.2 Å². The van der Waals surface area contributed by atoms with Crippen molar-refractivity contribution in [3.63, 3.8) is 0 Å². The Kier molecular flexibility index (Phi) is 3.95. The topological polar surface area (TPSA) is 12.0 Å². The van der Waals surface area contributed by atoms with Crippen molar-refractivity contribution in [2.24, 2.45) is 0 Å². The van der Waals surface area contributed by atoms with Crippen molar-refractivity contribution >= 4 is 17.3 Å². The first-order valence-electron chi connectivity index (χ1n) is 5.29. The van der Waals surface area contributed by atoms with Crippen molar-refractivity contribution in [1.82, 2.24) is 0 Å². The van der Waals surface area contributed by atoms with Gasteiger partial charge < -0.3 is 5.32 Å². The lowest BCUT2D eigenvalue weighted by Gasteiger charge is -2.08. The van der Waals surface area contributed by atoms with Crippen LogP contribution in [0.15, 0.2) is 30.3 Å². The maximum absolute atomic E-state index is 13.4. The van der Waals surface area contributed by atoms with E-state index >= 15 is 0 Å². The number of hydrogen-bond acceptors (Lipinski definition) is 1. The fourth-order valence-corrected chi connectivity index (χ4v) is 1.68. The summed E-state index contributed by atoms with van der Waals surface area (Å²) in [4.78, 5) is 0. The molecule has 0 amide bonds. The summed E-state index contributed by atoms with van der Waals surface area (Å²) in [6.45, 7) is -0.00643. The van der Waals surface area contributed by atoms with Crippen LogP contribution in [-0.2, 0) is 6.54 Å². The van der Waals surface area contributed by atoms with Gasteiger partial charge in [-0.3, -0.25) is 0 Å². The van der Waals surface area contributed by atoms with Crippen molar-refractivity contribution in [2.45, 2.75) is 6.54 Å². The highest BCUT2D eigenvalue weighted by molar-refractivity contribution is 6.30. The predicted octanol–water partition coefficient (Wildman–Crippen LogP) is 4.51. The minimum atomic E-state index is -1.54. The van der Waals surface area contributed by atoms with Crippen LogP contribution < -0.4 is 5.32 Å². The first kappa shape index (κ1) is 13.7. The van der Waals surface area contributed by atoms with E-state index in [-0.39, 0.29) is 22.8 Å². The van der Waals surface area contributed by atoms with Crippen LogP contribution in [0.3, 0.4) is 0 Å². The molecule has 2 aromatic rings. The minimum absolute atomic E-state index is 0.00643. The van der Waals surface area contributed by atoms with E-state index in [0.29, 0.717) is 0 Å². The van der Waals surface area contributed by atoms with Crippen molar-refractivity contribution in [1.29, 1.82) is 0 Å². The van der Waals surface area contributed by atoms with E-state index in [4.69, 9.17) is 11.6 Å². The average molecular weight is 290 g/mol. The molecule has 0 atom stereocenters. The Hall–Kier alpha value is -1.75. The Bertz CT molecular complexity index is 593. The van der Waals surface area contributed by atoms with Gasteiger partial charge in [-0.25, -0.2) is 17.6 Å². The number of benzene rings is 2. The monoisotopic (exact) mass is 289 g/mol. The SMILES string of the molecule is Fc1cc(Cl)ccc1CNc1cc(F)c(F)c(F)c1. The van der Waals surface area contributed by atoms with E-state index in [1.165, 1.54) is 12.1 Å². The molecule has 0 aromatic heterocycles. The number of anilines is 1. The van der Waals surface area contributed by atoms with E-state index in [1.807, 2.05) is 0 Å². The molecule has 1 N–H and O–H groups in total. The Morgan fingerprint density at radius 3 is 2.11 bits per heavy atom. The van der Waals surface area contributed by atoms with Crippen LogP contribution in [0.4, 0.5) is 23.2 Å². The normalized spacial score (nSPS) is 10.6. The van der Waals surface area contributed by atoms with Gasteiger partial charge in [0, 0.05) is 35.0 Å². The van der Waals surface area contributed by atoms with E-state index in [1.54, 1.807) is 0 Å². The highest BCUT2D eigenvalue weighted by Crippen LogP contribution is 2.19. The van der Waals surface area contributed by atoms with Gasteiger partial charge >= 0.3 is 0 Å². The van der Waals surface area contributed by atoms with Crippen molar-refractivity contribution in [2.75, 3.05) is 5.32 Å². The molecule has 0 aliphatic heterocycles. The van der Waals surface area contributed by atoms with Crippen LogP contribution in [0.25, 0.3) is 0 Å². The number of hydrogen-bond donors (Lipinski definition) is 1. The summed E-state index contributed by atoms with van der Waals surface area (Å²) in [5, 5.41) is 2.85. The van der Waals surface area contributed by atoms with Crippen LogP contribution in [-0.4, -0.2) is 0 Å². The van der Waals surface area contributed by atoms with Crippen LogP contribution >= 0.6 is 11.6 Å². The zero-order valence-corrected chi connectivity index (χ0v) is 10.2. The van der Waals surface area contributed by atoms with Gasteiger partial charge in [-0.05, 0) is 12.1 Å². The summed E-state index contributed by atoms with van der Waals surface area (Å²) in [7, 11) is 0. The maximum Gasteiger partial charge on any atom is 0.194 e. The number of halogens is 5. The Morgan fingerprint density at radius 1 is 0.895 bits per heavy atom. The van der Waals surface area contributed by atoms with Gasteiger partial charge in [0.15, 0.2) is 17.5 Å². The quantitative estimate of drug-likeness (QED) is 0.647. The molecule has 0 unspecified atom stereocenters. The summed E-state index contributed by atoms with van der Waals surface area (Å²) >= 11 is 5.59. The molecular weight excluding hydrogens is 282 g/mol. The van der Waals surface area contributed by atoms with Gasteiger partial charge in [-0.2, -0.15) is 0 Å². The summed E-state index contributed by atoms with van der Waals surface area (Å²) < 4.78 is 52.1. The minimum Gasteiger partial charge on any atom is -0.381 e. The highest BCUT2D eigenvalue weighted by atomic mass is 35.5. The lowest BCUT2D eigenvalue weighted by Crippen LogP contribution is -2.03. The molecule has 0 radical (unpaired) electrons. The lowest BCUT2D eigenvalue weighted by molar-refractivity contribution is 0.447. The zero-order chi connectivity index (χ0) is 14.0. The molecule has 2 rings (SSSR count). The largest absolute Gasteiger partial charge is 0.381 e. The fourth-order valence-electron chi connectivity index (χ4n) is 1.52. The van der Waals surface area contributed by atoms with E-state index < -0.39 is 23.3 Å². The van der Waals surface area contributed by atoms with Crippen molar-refractivity contribution in [3.8, 4) is 0 Å². The fraction of sp³-hybridized carbons (Fsp3) is 0.0769. The van der Waals surface area contributed by atoms with Crippen LogP contribution in [0.5, 0.6) is 0 Å². The highest BCUT2D eigenvalue weighted by Gasteiger charge is 2.10. The Balaban J connectivity index is 2.14. The Morgan fingerprint density at radius 2 is 1.53 bits per heavy atom. The third-order valence-corrected chi connectivity index (χ3v) is 2.72. The molecule has 0 saturated carbocycles. The van der Waals surface area contributed by atoms with Crippen LogP contribution in [0.2, 0.25) is 5.02 Å². The van der Waals surface area contributed by atoms with Crippen LogP contribution in [0.1, 0.15) is 5.56 Å². The van der Waals surface area contributed by atoms with E-state index in [0.717, 1.165) is 18.2 Å². The standard InChI is InChI=1S/C13H8ClF4N/c14-8-2-1-7(10(15)3-8)6-19-9-4-11(16)13(18)12(17)5-9/h1-5,19H,6H2. The summed E-state index contributed by atoms with van der Waals surface area (Å²) in [6, 6.07) is 5.66. The molecule has 2 aromatic carbocycles. The van der Waals surface area contributed by atoms with Gasteiger partial charge in [0.25, 0.3) is 0 Å². The summed E-state index contributed by atoms with van der Waals surface area (Å²) in [6.07, 6.45) is 0. The first-order valence-corrected chi connectivity index (χ1v) is 5.67. The van der Waals surface area contributed by atoms with Gasteiger partial charge in [0.1, 0.15) is 5.82 Å². The van der Waals surface area contributed by atoms with Gasteiger partial charge in [-0.15, -0.1) is 0 Å². The van der Waals surface area contributed by atoms with Gasteiger partial charge in [-0.1, -0.05) is 17.7 Å². The molecule has 1 nitrogen and oxygen atoms in total. The average Bonchev–Trinajstić information content (AvgIpc) is 2.34.